The van der Waals surface area contributed by atoms with Gasteiger partial charge in [0.2, 0.25) is 11.2 Å². The maximum Gasteiger partial charge on any atom is 0.397 e. The summed E-state index contributed by atoms with van der Waals surface area (Å²) >= 11 is -3.91. The Morgan fingerprint density at radius 2 is 1.16 bits per heavy atom. The minimum atomic E-state index is -5.36. The molecule has 0 amide bonds. The summed E-state index contributed by atoms with van der Waals surface area (Å²) in [5, 5.41) is 24.9. The first-order valence-corrected chi connectivity index (χ1v) is 25.2. The summed E-state index contributed by atoms with van der Waals surface area (Å²) in [5.74, 6) is -1.21. The number of aromatic hydroxyl groups is 1. The van der Waals surface area contributed by atoms with Crippen LogP contribution in [0.4, 0.5) is 28.4 Å². The third-order valence-corrected chi connectivity index (χ3v) is 12.5. The second-order valence-electron chi connectivity index (χ2n) is 11.7. The molecule has 0 aliphatic heterocycles. The van der Waals surface area contributed by atoms with E-state index in [2.05, 4.69) is 33.7 Å². The molecule has 0 unspecified atom stereocenters. The van der Waals surface area contributed by atoms with Crippen LogP contribution in [0.25, 0.3) is 10.8 Å². The lowest BCUT2D eigenvalue weighted by Crippen LogP contribution is -2.07. The zero-order valence-electron chi connectivity index (χ0n) is 30.3. The fraction of sp³-hybridized carbons (Fsp3) is 0.185. The van der Waals surface area contributed by atoms with Gasteiger partial charge in [-0.1, -0.05) is 6.07 Å². The minimum Gasteiger partial charge on any atom is -0.505 e. The van der Waals surface area contributed by atoms with E-state index < -0.39 is 148 Å². The monoisotopic (exact) mass is 1020 g/mol. The quantitative estimate of drug-likeness (QED) is 0.00775. The summed E-state index contributed by atoms with van der Waals surface area (Å²) in [6, 6.07) is 7.37. The van der Waals surface area contributed by atoms with Gasteiger partial charge < -0.3 is 38.2 Å². The van der Waals surface area contributed by atoms with Gasteiger partial charge >= 0.3 is 10.4 Å². The Morgan fingerprint density at radius 3 is 1.73 bits per heavy atom. The van der Waals surface area contributed by atoms with Crippen molar-refractivity contribution in [2.24, 2.45) is 20.5 Å². The normalized spacial score (nSPS) is 14.3. The van der Waals surface area contributed by atoms with Gasteiger partial charge in [0.25, 0.3) is 20.2 Å². The van der Waals surface area contributed by atoms with Crippen molar-refractivity contribution in [1.82, 2.24) is 0 Å². The fourth-order valence-corrected chi connectivity index (χ4v) is 8.77. The molecule has 0 aliphatic carbocycles. The molecule has 4 aromatic rings. The van der Waals surface area contributed by atoms with Gasteiger partial charge in [0, 0.05) is 4.90 Å². The van der Waals surface area contributed by atoms with Crippen molar-refractivity contribution in [1.29, 1.82) is 0 Å². The number of fused-ring (bicyclic) bond motifs is 1. The van der Waals surface area contributed by atoms with Crippen molar-refractivity contribution >= 4 is 115 Å². The van der Waals surface area contributed by atoms with E-state index in [4.69, 9.17) is 28.3 Å². The third-order valence-electron chi connectivity index (χ3n) is 7.36. The molecule has 0 saturated heterocycles. The Morgan fingerprint density at radius 1 is 0.597 bits per heavy atom. The number of nitrogen functional groups attached to an aromatic ring is 1. The van der Waals surface area contributed by atoms with Crippen LogP contribution in [0.5, 0.6) is 5.75 Å². The second kappa shape index (κ2) is 19.7. The molecule has 0 spiro atoms. The summed E-state index contributed by atoms with van der Waals surface area (Å²) in [6.45, 7) is -1.51. The lowest BCUT2D eigenvalue weighted by molar-refractivity contribution is -0.195. The van der Waals surface area contributed by atoms with Gasteiger partial charge in [0.05, 0.1) is 46.1 Å². The Bertz CT molecular complexity index is 2720. The molecule has 35 heteroatoms. The smallest absolute Gasteiger partial charge is 0.397 e. The van der Waals surface area contributed by atoms with Crippen LogP contribution in [-0.4, -0.2) is 105 Å². The van der Waals surface area contributed by atoms with Gasteiger partial charge in [-0.25, -0.2) is 9.07 Å². The first-order valence-electron chi connectivity index (χ1n) is 15.8. The summed E-state index contributed by atoms with van der Waals surface area (Å²) in [6.07, 6.45) is -0.0592. The van der Waals surface area contributed by atoms with Crippen LogP contribution >= 0.6 is 44.9 Å². The summed E-state index contributed by atoms with van der Waals surface area (Å²) in [5.41, 5.74) is 2.36. The third kappa shape index (κ3) is 14.3. The number of rotatable bonds is 20. The zero-order valence-corrected chi connectivity index (χ0v) is 36.0. The number of hydrogen-bond acceptors (Lipinski definition) is 26. The topological polar surface area (TPSA) is 478 Å². The molecule has 0 atom stereocenters. The molecule has 62 heavy (non-hydrogen) atoms. The highest BCUT2D eigenvalue weighted by Gasteiger charge is 2.30. The first-order chi connectivity index (χ1) is 28.4. The molecule has 4 aromatic carbocycles. The van der Waals surface area contributed by atoms with E-state index in [1.165, 1.54) is 6.07 Å². The van der Waals surface area contributed by atoms with E-state index in [0.717, 1.165) is 30.3 Å². The summed E-state index contributed by atoms with van der Waals surface area (Å²) < 4.78 is 200. The minimum absolute atomic E-state index is 0.0172. The standard InChI is InChI=1S/C27H33N5O23S7/c28-24-23-15(11-21(59(40,41)42)25(24)31-29-17-5-3-14(10-19(17)57(34,35)36)2-1-7-53-61(46,47)48)12-22(60(43,44)45)26(27(23)33)32-30-18-6-4-16(13-20(18)58(37,38)39)56-55-52-8-9-54-62(49,50)51/h3-6,10-13,33-36,43-45,49-51H,1-2,7-9,28H2,(H,37,38,39)(H,40,41,42)(H,46,47,48). The Balaban J connectivity index is 1.81. The number of phenolic OH excluding ortho intramolecular Hbond substituents is 1. The van der Waals surface area contributed by atoms with Gasteiger partial charge in [-0.15, -0.1) is 20.5 Å². The van der Waals surface area contributed by atoms with E-state index in [1.807, 2.05) is 0 Å². The van der Waals surface area contributed by atoms with Crippen molar-refractivity contribution in [3.05, 3.63) is 54.1 Å². The van der Waals surface area contributed by atoms with Gasteiger partial charge in [-0.3, -0.25) is 31.5 Å². The number of hydrogen-bond donors (Lipinski definition) is 14. The average Bonchev–Trinajstić information content (AvgIpc) is 3.11. The van der Waals surface area contributed by atoms with Crippen LogP contribution in [-0.2, 0) is 54.6 Å². The fourth-order valence-electron chi connectivity index (χ4n) is 4.89. The zero-order chi connectivity index (χ0) is 46.6. The highest BCUT2D eigenvalue weighted by atomic mass is 32.3. The van der Waals surface area contributed by atoms with Crippen LogP contribution in [0.1, 0.15) is 12.0 Å². The number of phenols is 1. The molecule has 15 N–H and O–H groups in total. The molecule has 28 nitrogen and oxygen atoms in total. The van der Waals surface area contributed by atoms with Gasteiger partial charge in [-0.2, -0.15) is 29.6 Å². The molecule has 0 aromatic heterocycles. The highest BCUT2D eigenvalue weighted by molar-refractivity contribution is 8.19. The van der Waals surface area contributed by atoms with Crippen molar-refractivity contribution < 1.29 is 103 Å². The number of anilines is 1. The largest absolute Gasteiger partial charge is 0.505 e. The maximum absolute atomic E-state index is 12.5. The molecule has 0 aliphatic rings. The van der Waals surface area contributed by atoms with Crippen LogP contribution in [0.2, 0.25) is 0 Å². The predicted octanol–water partition coefficient (Wildman–Crippen LogP) is 7.48. The summed E-state index contributed by atoms with van der Waals surface area (Å²) in [7, 11) is -24.8. The van der Waals surface area contributed by atoms with E-state index in [-0.39, 0.29) is 23.3 Å². The number of benzene rings is 4. The molecular formula is C27H33N5O23S7. The second-order valence-corrected chi connectivity index (χ2v) is 20.5. The molecule has 0 radical (unpaired) electrons. The molecule has 0 heterocycles. The lowest BCUT2D eigenvalue weighted by atomic mass is 10.1. The van der Waals surface area contributed by atoms with Crippen LogP contribution in [0, 0.1) is 0 Å². The van der Waals surface area contributed by atoms with Crippen molar-refractivity contribution in [3.8, 4) is 5.75 Å². The molecule has 0 saturated carbocycles. The van der Waals surface area contributed by atoms with E-state index >= 15 is 0 Å². The predicted molar refractivity (Wildman–Crippen MR) is 219 cm³/mol. The van der Waals surface area contributed by atoms with E-state index in [9.17, 15) is 66.8 Å². The highest BCUT2D eigenvalue weighted by Crippen LogP contribution is 2.57. The maximum atomic E-state index is 12.5. The first kappa shape index (κ1) is 51.2. The molecule has 4 rings (SSSR count). The number of azo groups is 2. The number of aryl methyl sites for hydroxylation is 1. The Labute approximate surface area is 358 Å². The lowest BCUT2D eigenvalue weighted by Gasteiger charge is -2.23. The van der Waals surface area contributed by atoms with Crippen LogP contribution in [0.15, 0.2) is 93.5 Å². The van der Waals surface area contributed by atoms with Crippen LogP contribution in [0.3, 0.4) is 0 Å². The van der Waals surface area contributed by atoms with Gasteiger partial charge in [0.15, 0.2) is 5.75 Å². The molecule has 0 fully saturated rings. The average molecular weight is 1020 g/mol. The van der Waals surface area contributed by atoms with Crippen molar-refractivity contribution in [2.75, 3.05) is 25.6 Å². The SMILES string of the molecule is Nc1c(N=Nc2ccc(CCCOS(=O)(=O)O)cc2S(O)(O)O)c(S(=O)(=O)O)cc2cc(S(O)(O)O)c(N=Nc3ccc(SOOCCOS(O)(O)O)cc3S(=O)(=O)O)c(O)c12. The summed E-state index contributed by atoms with van der Waals surface area (Å²) in [4.78, 5) is 0.685. The van der Waals surface area contributed by atoms with Crippen molar-refractivity contribution in [2.45, 2.75) is 37.3 Å². The van der Waals surface area contributed by atoms with Gasteiger partial charge in [0.1, 0.15) is 60.9 Å². The molecule has 0 bridgehead atoms. The Hall–Kier alpha value is -3.45. The van der Waals surface area contributed by atoms with Crippen molar-refractivity contribution in [3.63, 3.8) is 0 Å². The number of nitrogens with two attached hydrogens (primary N) is 1. The number of nitrogens with zero attached hydrogens (tertiary/aromatic N) is 4. The molecular weight excluding hydrogens is 987 g/mol. The van der Waals surface area contributed by atoms with Crippen LogP contribution < -0.4 is 5.73 Å². The van der Waals surface area contributed by atoms with Gasteiger partial charge in [-0.05, 0) is 66.3 Å². The molecule has 346 valence electrons. The Kier molecular flexibility index (Phi) is 16.3. The van der Waals surface area contributed by atoms with E-state index in [0.29, 0.717) is 24.2 Å². The van der Waals surface area contributed by atoms with E-state index in [1.54, 1.807) is 0 Å².